The number of aromatic nitrogens is 1. The Balaban J connectivity index is 2.63. The summed E-state index contributed by atoms with van der Waals surface area (Å²) in [5.74, 6) is 0. The maximum atomic E-state index is 11.8. The fourth-order valence-electron chi connectivity index (χ4n) is 0.729. The van der Waals surface area contributed by atoms with Gasteiger partial charge in [-0.1, -0.05) is 0 Å². The van der Waals surface area contributed by atoms with Crippen molar-refractivity contribution in [1.29, 1.82) is 0 Å². The van der Waals surface area contributed by atoms with E-state index >= 15 is 0 Å². The van der Waals surface area contributed by atoms with Crippen molar-refractivity contribution in [1.82, 2.24) is 9.71 Å². The minimum absolute atomic E-state index is 0.384. The SMILES string of the molecule is O=S(=O)(NCc1cc[nH]c1)C(F)(F)F. The number of nitrogens with one attached hydrogen (secondary N) is 2. The summed E-state index contributed by atoms with van der Waals surface area (Å²) in [4.78, 5) is 2.59. The topological polar surface area (TPSA) is 62.0 Å². The van der Waals surface area contributed by atoms with E-state index in [1.54, 1.807) is 0 Å². The lowest BCUT2D eigenvalue weighted by molar-refractivity contribution is -0.0448. The number of hydrogen-bond acceptors (Lipinski definition) is 2. The van der Waals surface area contributed by atoms with Gasteiger partial charge in [-0.3, -0.25) is 0 Å². The zero-order valence-electron chi connectivity index (χ0n) is 6.80. The van der Waals surface area contributed by atoms with Gasteiger partial charge in [0.1, 0.15) is 0 Å². The summed E-state index contributed by atoms with van der Waals surface area (Å²) in [6.07, 6.45) is 2.89. The molecule has 0 spiro atoms. The number of rotatable bonds is 3. The molecule has 0 aliphatic carbocycles. The summed E-state index contributed by atoms with van der Waals surface area (Å²) in [5.41, 5.74) is -4.83. The molecule has 0 fully saturated rings. The molecule has 80 valence electrons. The summed E-state index contributed by atoms with van der Waals surface area (Å²) < 4.78 is 57.8. The number of halogens is 3. The van der Waals surface area contributed by atoms with Crippen molar-refractivity contribution < 1.29 is 21.6 Å². The molecule has 8 heteroatoms. The predicted molar refractivity (Wildman–Crippen MR) is 42.6 cm³/mol. The Kier molecular flexibility index (Phi) is 2.86. The van der Waals surface area contributed by atoms with Crippen molar-refractivity contribution in [3.63, 3.8) is 0 Å². The van der Waals surface area contributed by atoms with E-state index in [0.29, 0.717) is 5.56 Å². The standard InChI is InChI=1S/C6H7F3N2O2S/c7-6(8,9)14(12,13)11-4-5-1-2-10-3-5/h1-3,10-11H,4H2. The van der Waals surface area contributed by atoms with Crippen molar-refractivity contribution in [2.24, 2.45) is 0 Å². The number of sulfonamides is 1. The molecule has 1 aromatic heterocycles. The molecule has 1 heterocycles. The van der Waals surface area contributed by atoms with Crippen LogP contribution in [-0.2, 0) is 16.6 Å². The minimum atomic E-state index is -5.26. The summed E-state index contributed by atoms with van der Waals surface area (Å²) >= 11 is 0. The smallest absolute Gasteiger partial charge is 0.367 e. The van der Waals surface area contributed by atoms with Crippen LogP contribution in [0.3, 0.4) is 0 Å². The highest BCUT2D eigenvalue weighted by molar-refractivity contribution is 7.90. The summed E-state index contributed by atoms with van der Waals surface area (Å²) in [5, 5.41) is 0. The van der Waals surface area contributed by atoms with Crippen LogP contribution in [0.2, 0.25) is 0 Å². The van der Waals surface area contributed by atoms with Crippen LogP contribution in [0, 0.1) is 0 Å². The van der Waals surface area contributed by atoms with E-state index in [-0.39, 0.29) is 6.54 Å². The molecule has 4 nitrogen and oxygen atoms in total. The second-order valence-corrected chi connectivity index (χ2v) is 4.25. The zero-order chi connectivity index (χ0) is 10.8. The molecule has 1 rings (SSSR count). The van der Waals surface area contributed by atoms with E-state index in [1.165, 1.54) is 23.2 Å². The molecule has 0 aromatic carbocycles. The van der Waals surface area contributed by atoms with Gasteiger partial charge in [0.2, 0.25) is 0 Å². The number of hydrogen-bond donors (Lipinski definition) is 2. The molecule has 2 N–H and O–H groups in total. The molecule has 0 radical (unpaired) electrons. The molecule has 0 aliphatic rings. The molecule has 0 amide bonds. The first-order valence-corrected chi connectivity index (χ1v) is 4.99. The van der Waals surface area contributed by atoms with Crippen LogP contribution in [0.15, 0.2) is 18.5 Å². The molecule has 0 saturated heterocycles. The fraction of sp³-hybridized carbons (Fsp3) is 0.333. The van der Waals surface area contributed by atoms with Gasteiger partial charge in [-0.25, -0.2) is 13.1 Å². The van der Waals surface area contributed by atoms with E-state index in [2.05, 4.69) is 4.98 Å². The van der Waals surface area contributed by atoms with Crippen LogP contribution in [0.25, 0.3) is 0 Å². The van der Waals surface area contributed by atoms with Gasteiger partial charge in [-0.15, -0.1) is 0 Å². The minimum Gasteiger partial charge on any atom is -0.367 e. The van der Waals surface area contributed by atoms with E-state index in [1.807, 2.05) is 0 Å². The first-order valence-electron chi connectivity index (χ1n) is 3.50. The predicted octanol–water partition coefficient (Wildman–Crippen LogP) is 0.954. The maximum absolute atomic E-state index is 11.8. The molecule has 0 atom stereocenters. The summed E-state index contributed by atoms with van der Waals surface area (Å²) in [6, 6.07) is 1.47. The van der Waals surface area contributed by atoms with Gasteiger partial charge < -0.3 is 4.98 Å². The monoisotopic (exact) mass is 228 g/mol. The van der Waals surface area contributed by atoms with E-state index < -0.39 is 15.5 Å². The van der Waals surface area contributed by atoms with E-state index in [0.717, 1.165) is 0 Å². The van der Waals surface area contributed by atoms with Gasteiger partial charge in [-0.05, 0) is 11.6 Å². The van der Waals surface area contributed by atoms with Gasteiger partial charge >= 0.3 is 15.5 Å². The largest absolute Gasteiger partial charge is 0.511 e. The van der Waals surface area contributed by atoms with Crippen LogP contribution in [-0.4, -0.2) is 18.9 Å². The van der Waals surface area contributed by atoms with Crippen LogP contribution >= 0.6 is 0 Å². The van der Waals surface area contributed by atoms with Crippen LogP contribution in [0.4, 0.5) is 13.2 Å². The van der Waals surface area contributed by atoms with Crippen LogP contribution in [0.5, 0.6) is 0 Å². The van der Waals surface area contributed by atoms with Gasteiger partial charge in [0, 0.05) is 18.9 Å². The average molecular weight is 228 g/mol. The maximum Gasteiger partial charge on any atom is 0.511 e. The molecule has 14 heavy (non-hydrogen) atoms. The highest BCUT2D eigenvalue weighted by Gasteiger charge is 2.45. The molecular weight excluding hydrogens is 221 g/mol. The van der Waals surface area contributed by atoms with Crippen molar-refractivity contribution >= 4 is 10.0 Å². The van der Waals surface area contributed by atoms with Crippen molar-refractivity contribution in [3.8, 4) is 0 Å². The number of alkyl halides is 3. The normalized spacial score (nSPS) is 13.1. The Morgan fingerprint density at radius 1 is 1.43 bits per heavy atom. The van der Waals surface area contributed by atoms with Crippen molar-refractivity contribution in [2.75, 3.05) is 0 Å². The number of aromatic amines is 1. The highest BCUT2D eigenvalue weighted by atomic mass is 32.2. The van der Waals surface area contributed by atoms with Gasteiger partial charge in [0.15, 0.2) is 0 Å². The zero-order valence-corrected chi connectivity index (χ0v) is 7.61. The highest BCUT2D eigenvalue weighted by Crippen LogP contribution is 2.21. The summed E-state index contributed by atoms with van der Waals surface area (Å²) in [6.45, 7) is -0.384. The Morgan fingerprint density at radius 2 is 2.07 bits per heavy atom. The Morgan fingerprint density at radius 3 is 2.50 bits per heavy atom. The molecule has 0 aliphatic heterocycles. The Labute approximate surface area is 78.2 Å². The third-order valence-electron chi connectivity index (χ3n) is 1.43. The Bertz CT molecular complexity index is 382. The van der Waals surface area contributed by atoms with Crippen molar-refractivity contribution in [3.05, 3.63) is 24.0 Å². The lowest BCUT2D eigenvalue weighted by Crippen LogP contribution is -2.35. The van der Waals surface area contributed by atoms with Gasteiger partial charge in [-0.2, -0.15) is 13.2 Å². The lowest BCUT2D eigenvalue weighted by atomic mass is 10.4. The van der Waals surface area contributed by atoms with E-state index in [4.69, 9.17) is 0 Å². The van der Waals surface area contributed by atoms with Gasteiger partial charge in [0.05, 0.1) is 0 Å². The molecule has 0 saturated carbocycles. The molecule has 1 aromatic rings. The third-order valence-corrected chi connectivity index (χ3v) is 2.57. The average Bonchev–Trinajstić information content (AvgIpc) is 2.50. The first-order chi connectivity index (χ1) is 6.33. The van der Waals surface area contributed by atoms with E-state index in [9.17, 15) is 21.6 Å². The fourth-order valence-corrected chi connectivity index (χ4v) is 1.25. The van der Waals surface area contributed by atoms with Crippen LogP contribution < -0.4 is 4.72 Å². The Hall–Kier alpha value is -1.02. The first kappa shape index (κ1) is 11.1. The second-order valence-electron chi connectivity index (χ2n) is 2.49. The lowest BCUT2D eigenvalue weighted by Gasteiger charge is -2.08. The quantitative estimate of drug-likeness (QED) is 0.809. The third kappa shape index (κ3) is 2.48. The van der Waals surface area contributed by atoms with Gasteiger partial charge in [0.25, 0.3) is 0 Å². The molecular formula is C6H7F3N2O2S. The molecule has 0 unspecified atom stereocenters. The molecule has 0 bridgehead atoms. The van der Waals surface area contributed by atoms with Crippen molar-refractivity contribution in [2.45, 2.75) is 12.1 Å². The van der Waals surface area contributed by atoms with Crippen LogP contribution in [0.1, 0.15) is 5.56 Å². The second kappa shape index (κ2) is 3.62. The number of H-pyrrole nitrogens is 1. The summed E-state index contributed by atoms with van der Waals surface area (Å²) in [7, 11) is -5.24.